The van der Waals surface area contributed by atoms with Crippen LogP contribution >= 0.6 is 0 Å². The quantitative estimate of drug-likeness (QED) is 0.547. The third-order valence-electron chi connectivity index (χ3n) is 4.27. The Bertz CT molecular complexity index is 1240. The van der Waals surface area contributed by atoms with Crippen LogP contribution in [0.25, 0.3) is 22.3 Å². The number of nitrogens with zero attached hydrogens (tertiary/aromatic N) is 1. The summed E-state index contributed by atoms with van der Waals surface area (Å²) in [7, 11) is 1.47. The van der Waals surface area contributed by atoms with E-state index in [0.29, 0.717) is 33.7 Å². The molecule has 0 atom stereocenters. The van der Waals surface area contributed by atoms with Crippen LogP contribution in [0.1, 0.15) is 0 Å². The van der Waals surface area contributed by atoms with Gasteiger partial charge in [-0.25, -0.2) is 9.78 Å². The molecular formula is C22H17N3O4. The first kappa shape index (κ1) is 18.2. The number of hydrogen-bond donors (Lipinski definition) is 2. The molecule has 29 heavy (non-hydrogen) atoms. The number of carbonyl (C=O) groups is 1. The second kappa shape index (κ2) is 7.85. The fourth-order valence-electron chi connectivity index (χ4n) is 2.89. The van der Waals surface area contributed by atoms with Crippen molar-refractivity contribution >= 4 is 22.7 Å². The Morgan fingerprint density at radius 2 is 1.72 bits per heavy atom. The van der Waals surface area contributed by atoms with Gasteiger partial charge in [0.1, 0.15) is 5.82 Å². The summed E-state index contributed by atoms with van der Waals surface area (Å²) in [5, 5.41) is 3.15. The largest absolute Gasteiger partial charge is 0.493 e. The average Bonchev–Trinajstić information content (AvgIpc) is 2.74. The van der Waals surface area contributed by atoms with Crippen molar-refractivity contribution in [1.82, 2.24) is 9.97 Å². The zero-order chi connectivity index (χ0) is 20.2. The van der Waals surface area contributed by atoms with E-state index in [1.165, 1.54) is 7.11 Å². The zero-order valence-corrected chi connectivity index (χ0v) is 15.5. The van der Waals surface area contributed by atoms with Crippen molar-refractivity contribution in [3.8, 4) is 22.9 Å². The Kier molecular flexibility index (Phi) is 4.94. The number of aromatic amines is 1. The minimum Gasteiger partial charge on any atom is -0.493 e. The fraction of sp³-hybridized carbons (Fsp3) is 0.0455. The van der Waals surface area contributed by atoms with Gasteiger partial charge in [-0.1, -0.05) is 30.3 Å². The highest BCUT2D eigenvalue weighted by Gasteiger charge is 2.13. The number of amides is 1. The van der Waals surface area contributed by atoms with Gasteiger partial charge in [-0.2, -0.15) is 0 Å². The Morgan fingerprint density at radius 1 is 0.966 bits per heavy atom. The molecule has 4 aromatic rings. The molecule has 0 unspecified atom stereocenters. The van der Waals surface area contributed by atoms with Crippen LogP contribution in [0.15, 0.2) is 77.6 Å². The number of aromatic nitrogens is 2. The molecule has 144 valence electrons. The second-order valence-corrected chi connectivity index (χ2v) is 6.18. The number of nitrogens with one attached hydrogen (secondary N) is 2. The summed E-state index contributed by atoms with van der Waals surface area (Å²) in [5.41, 5.74) is 1.60. The number of hydrogen-bond acceptors (Lipinski definition) is 5. The molecule has 0 radical (unpaired) electrons. The molecule has 1 aromatic heterocycles. The number of fused-ring (bicyclic) bond motifs is 1. The van der Waals surface area contributed by atoms with Gasteiger partial charge in [-0.05, 0) is 42.5 Å². The van der Waals surface area contributed by atoms with Crippen LogP contribution in [0.2, 0.25) is 0 Å². The number of H-pyrrole nitrogens is 1. The summed E-state index contributed by atoms with van der Waals surface area (Å²) in [5.74, 6) is 0.974. The van der Waals surface area contributed by atoms with Gasteiger partial charge in [0.15, 0.2) is 11.5 Å². The molecule has 0 saturated heterocycles. The number of methoxy groups -OCH3 is 1. The maximum atomic E-state index is 12.3. The van der Waals surface area contributed by atoms with Crippen LogP contribution in [-0.2, 0) is 0 Å². The van der Waals surface area contributed by atoms with Gasteiger partial charge < -0.3 is 14.5 Å². The number of carbonyl (C=O) groups excluding carboxylic acids is 1. The van der Waals surface area contributed by atoms with Crippen LogP contribution < -0.4 is 20.3 Å². The van der Waals surface area contributed by atoms with E-state index in [0.717, 1.165) is 0 Å². The predicted molar refractivity (Wildman–Crippen MR) is 110 cm³/mol. The third-order valence-corrected chi connectivity index (χ3v) is 4.27. The summed E-state index contributed by atoms with van der Waals surface area (Å²) in [4.78, 5) is 31.7. The molecule has 7 heteroatoms. The Hall–Kier alpha value is -4.13. The van der Waals surface area contributed by atoms with Gasteiger partial charge in [0.05, 0.1) is 18.0 Å². The van der Waals surface area contributed by atoms with Crippen molar-refractivity contribution in [2.24, 2.45) is 0 Å². The smallest absolute Gasteiger partial charge is 0.417 e. The maximum Gasteiger partial charge on any atom is 0.417 e. The highest BCUT2D eigenvalue weighted by atomic mass is 16.6. The maximum absolute atomic E-state index is 12.3. The summed E-state index contributed by atoms with van der Waals surface area (Å²) < 4.78 is 10.7. The molecule has 1 amide bonds. The normalized spacial score (nSPS) is 10.5. The minimum atomic E-state index is -0.639. The van der Waals surface area contributed by atoms with E-state index in [1.54, 1.807) is 48.5 Å². The highest BCUT2D eigenvalue weighted by Crippen LogP contribution is 2.31. The van der Waals surface area contributed by atoms with E-state index >= 15 is 0 Å². The van der Waals surface area contributed by atoms with Crippen molar-refractivity contribution in [3.63, 3.8) is 0 Å². The van der Waals surface area contributed by atoms with Crippen molar-refractivity contribution in [3.05, 3.63) is 83.2 Å². The van der Waals surface area contributed by atoms with Gasteiger partial charge >= 0.3 is 6.09 Å². The van der Waals surface area contributed by atoms with Crippen LogP contribution in [0, 0.1) is 0 Å². The Morgan fingerprint density at radius 3 is 2.52 bits per heavy atom. The molecule has 7 nitrogen and oxygen atoms in total. The molecule has 0 aliphatic heterocycles. The van der Waals surface area contributed by atoms with E-state index in [1.807, 2.05) is 24.3 Å². The molecule has 2 N–H and O–H groups in total. The standard InChI is InChI=1S/C22H17N3O4/c1-28-19-13-14(20-24-17-10-6-5-9-16(17)21(26)25-20)11-12-18(19)29-22(27)23-15-7-3-2-4-8-15/h2-13H,1H3,(H,23,27)(H,24,25,26). The molecular weight excluding hydrogens is 370 g/mol. The first-order chi connectivity index (χ1) is 14.1. The van der Waals surface area contributed by atoms with Crippen LogP contribution in [0.5, 0.6) is 11.5 Å². The lowest BCUT2D eigenvalue weighted by Crippen LogP contribution is -2.17. The molecule has 3 aromatic carbocycles. The van der Waals surface area contributed by atoms with Gasteiger partial charge in [0.2, 0.25) is 0 Å². The number of para-hydroxylation sites is 2. The molecule has 0 saturated carbocycles. The third kappa shape index (κ3) is 3.93. The first-order valence-electron chi connectivity index (χ1n) is 8.85. The lowest BCUT2D eigenvalue weighted by atomic mass is 10.1. The van der Waals surface area contributed by atoms with Gasteiger partial charge in [-0.3, -0.25) is 10.1 Å². The van der Waals surface area contributed by atoms with Crippen LogP contribution in [0.3, 0.4) is 0 Å². The van der Waals surface area contributed by atoms with E-state index in [9.17, 15) is 9.59 Å². The summed E-state index contributed by atoms with van der Waals surface area (Å²) in [6.07, 6.45) is -0.639. The zero-order valence-electron chi connectivity index (χ0n) is 15.5. The number of ether oxygens (including phenoxy) is 2. The number of anilines is 1. The van der Waals surface area contributed by atoms with Crippen molar-refractivity contribution < 1.29 is 14.3 Å². The summed E-state index contributed by atoms with van der Waals surface area (Å²) in [6.45, 7) is 0. The number of benzene rings is 3. The molecule has 0 bridgehead atoms. The lowest BCUT2D eigenvalue weighted by molar-refractivity contribution is 0.213. The SMILES string of the molecule is COc1cc(-c2nc3ccccc3c(=O)[nH]2)ccc1OC(=O)Nc1ccccc1. The van der Waals surface area contributed by atoms with E-state index in [2.05, 4.69) is 15.3 Å². The Balaban J connectivity index is 1.61. The van der Waals surface area contributed by atoms with Crippen molar-refractivity contribution in [2.75, 3.05) is 12.4 Å². The number of rotatable bonds is 4. The molecule has 0 fully saturated rings. The molecule has 1 heterocycles. The summed E-state index contributed by atoms with van der Waals surface area (Å²) >= 11 is 0. The predicted octanol–water partition coefficient (Wildman–Crippen LogP) is 4.21. The molecule has 4 rings (SSSR count). The van der Waals surface area contributed by atoms with E-state index in [4.69, 9.17) is 9.47 Å². The molecule has 0 spiro atoms. The Labute approximate surface area is 165 Å². The molecule has 0 aliphatic carbocycles. The van der Waals surface area contributed by atoms with Crippen LogP contribution in [-0.4, -0.2) is 23.2 Å². The average molecular weight is 387 g/mol. The minimum absolute atomic E-state index is 0.230. The fourth-order valence-corrected chi connectivity index (χ4v) is 2.89. The monoisotopic (exact) mass is 387 g/mol. The lowest BCUT2D eigenvalue weighted by Gasteiger charge is -2.12. The summed E-state index contributed by atoms with van der Waals surface area (Å²) in [6, 6.07) is 21.0. The van der Waals surface area contributed by atoms with E-state index < -0.39 is 6.09 Å². The second-order valence-electron chi connectivity index (χ2n) is 6.18. The van der Waals surface area contributed by atoms with Crippen molar-refractivity contribution in [2.45, 2.75) is 0 Å². The van der Waals surface area contributed by atoms with Crippen LogP contribution in [0.4, 0.5) is 10.5 Å². The highest BCUT2D eigenvalue weighted by molar-refractivity contribution is 5.87. The first-order valence-corrected chi connectivity index (χ1v) is 8.85. The molecule has 0 aliphatic rings. The van der Waals surface area contributed by atoms with Crippen molar-refractivity contribution in [1.29, 1.82) is 0 Å². The van der Waals surface area contributed by atoms with E-state index in [-0.39, 0.29) is 11.3 Å². The van der Waals surface area contributed by atoms with Gasteiger partial charge in [-0.15, -0.1) is 0 Å². The van der Waals surface area contributed by atoms with Gasteiger partial charge in [0.25, 0.3) is 5.56 Å². The topological polar surface area (TPSA) is 93.3 Å². The van der Waals surface area contributed by atoms with Gasteiger partial charge in [0, 0.05) is 11.3 Å².